The zero-order valence-corrected chi connectivity index (χ0v) is 11.1. The number of amides is 1. The number of hydrogen-bond acceptors (Lipinski definition) is 4. The van der Waals surface area contributed by atoms with Gasteiger partial charge in [0.05, 0.1) is 36.1 Å². The van der Waals surface area contributed by atoms with Gasteiger partial charge in [-0.15, -0.1) is 0 Å². The Morgan fingerprint density at radius 3 is 3.05 bits per heavy atom. The molecule has 0 fully saturated rings. The minimum Gasteiger partial charge on any atom is -0.355 e. The van der Waals surface area contributed by atoms with Crippen molar-refractivity contribution >= 4 is 34.2 Å². The molecule has 0 aliphatic rings. The van der Waals surface area contributed by atoms with E-state index in [9.17, 15) is 4.79 Å². The summed E-state index contributed by atoms with van der Waals surface area (Å²) in [7, 11) is 0. The highest BCUT2D eigenvalue weighted by Gasteiger charge is 2.09. The highest BCUT2D eigenvalue weighted by molar-refractivity contribution is 6.30. The lowest BCUT2D eigenvalue weighted by Crippen LogP contribution is -2.14. The van der Waals surface area contributed by atoms with Crippen molar-refractivity contribution in [3.63, 3.8) is 0 Å². The summed E-state index contributed by atoms with van der Waals surface area (Å²) in [5, 5.41) is 7.81. The quantitative estimate of drug-likeness (QED) is 0.804. The molecule has 0 spiro atoms. The van der Waals surface area contributed by atoms with E-state index in [1.807, 2.05) is 12.1 Å². The summed E-state index contributed by atoms with van der Waals surface area (Å²) in [6, 6.07) is 7.20. The van der Waals surface area contributed by atoms with Crippen molar-refractivity contribution in [3.8, 4) is 0 Å². The molecule has 20 heavy (non-hydrogen) atoms. The van der Waals surface area contributed by atoms with E-state index in [2.05, 4.69) is 15.5 Å². The fourth-order valence-corrected chi connectivity index (χ4v) is 2.13. The summed E-state index contributed by atoms with van der Waals surface area (Å²) in [5.41, 5.74) is 1.96. The molecule has 0 aliphatic heterocycles. The number of fused-ring (bicyclic) bond motifs is 1. The van der Waals surface area contributed by atoms with Gasteiger partial charge in [-0.3, -0.25) is 9.78 Å². The topological polar surface area (TPSA) is 68.0 Å². The third-order valence-electron chi connectivity index (χ3n) is 2.81. The van der Waals surface area contributed by atoms with Gasteiger partial charge in [0.2, 0.25) is 5.91 Å². The van der Waals surface area contributed by atoms with Crippen molar-refractivity contribution in [1.29, 1.82) is 0 Å². The van der Waals surface area contributed by atoms with Crippen LogP contribution in [0.1, 0.15) is 5.56 Å². The molecule has 1 N–H and O–H groups in total. The second kappa shape index (κ2) is 5.30. The molecule has 2 heterocycles. The first-order valence-corrected chi connectivity index (χ1v) is 6.33. The maximum absolute atomic E-state index is 12.0. The van der Waals surface area contributed by atoms with Crippen LogP contribution in [0.25, 0.3) is 11.0 Å². The lowest BCUT2D eigenvalue weighted by Gasteiger charge is -2.05. The molecule has 0 saturated heterocycles. The van der Waals surface area contributed by atoms with Crippen LogP contribution in [0, 0.1) is 0 Å². The number of aromatic nitrogens is 2. The maximum atomic E-state index is 12.0. The van der Waals surface area contributed by atoms with E-state index in [0.29, 0.717) is 16.3 Å². The van der Waals surface area contributed by atoms with E-state index < -0.39 is 0 Å². The number of halogens is 1. The van der Waals surface area contributed by atoms with Crippen molar-refractivity contribution < 1.29 is 9.32 Å². The maximum Gasteiger partial charge on any atom is 0.228 e. The van der Waals surface area contributed by atoms with Crippen molar-refractivity contribution in [3.05, 3.63) is 53.4 Å². The molecule has 5 nitrogen and oxygen atoms in total. The second-order valence-corrected chi connectivity index (χ2v) is 4.72. The highest BCUT2D eigenvalue weighted by Crippen LogP contribution is 2.21. The smallest absolute Gasteiger partial charge is 0.228 e. The minimum absolute atomic E-state index is 0.150. The summed E-state index contributed by atoms with van der Waals surface area (Å²) >= 11 is 5.89. The summed E-state index contributed by atoms with van der Waals surface area (Å²) in [6.07, 6.45) is 4.90. The number of pyridine rings is 1. The van der Waals surface area contributed by atoms with Gasteiger partial charge >= 0.3 is 0 Å². The van der Waals surface area contributed by atoms with E-state index in [0.717, 1.165) is 10.9 Å². The van der Waals surface area contributed by atoms with Gasteiger partial charge in [-0.1, -0.05) is 28.9 Å². The van der Waals surface area contributed by atoms with E-state index in [1.165, 1.54) is 0 Å². The molecule has 0 unspecified atom stereocenters. The Morgan fingerprint density at radius 2 is 2.20 bits per heavy atom. The first kappa shape index (κ1) is 12.6. The standard InChI is InChI=1S/C14H10ClN3O2/c15-10-3-1-2-9(4-10)5-14(19)18-12-7-16-8-13-11(12)6-17-20-13/h1-4,6-8H,5H2,(H,18,19). The average Bonchev–Trinajstić information content (AvgIpc) is 2.88. The number of hydrogen-bond donors (Lipinski definition) is 1. The van der Waals surface area contributed by atoms with E-state index in [-0.39, 0.29) is 12.3 Å². The molecule has 100 valence electrons. The number of carbonyl (C=O) groups excluding carboxylic acids is 1. The van der Waals surface area contributed by atoms with Gasteiger partial charge in [-0.2, -0.15) is 0 Å². The van der Waals surface area contributed by atoms with Gasteiger partial charge in [-0.05, 0) is 17.7 Å². The van der Waals surface area contributed by atoms with Crippen LogP contribution in [0.4, 0.5) is 5.69 Å². The molecule has 0 aliphatic carbocycles. The molecule has 3 aromatic rings. The van der Waals surface area contributed by atoms with Gasteiger partial charge in [0.1, 0.15) is 0 Å². The predicted octanol–water partition coefficient (Wildman–Crippen LogP) is 3.06. The normalized spacial score (nSPS) is 10.7. The van der Waals surface area contributed by atoms with Crippen LogP contribution in [-0.2, 0) is 11.2 Å². The molecule has 1 amide bonds. The number of nitrogens with zero attached hydrogens (tertiary/aromatic N) is 2. The summed E-state index contributed by atoms with van der Waals surface area (Å²) in [4.78, 5) is 16.0. The number of nitrogens with one attached hydrogen (secondary N) is 1. The molecule has 0 atom stereocenters. The first-order chi connectivity index (χ1) is 9.72. The monoisotopic (exact) mass is 287 g/mol. The summed E-state index contributed by atoms with van der Waals surface area (Å²) in [6.45, 7) is 0. The van der Waals surface area contributed by atoms with Gasteiger partial charge in [-0.25, -0.2) is 0 Å². The number of carbonyl (C=O) groups is 1. The molecule has 6 heteroatoms. The third kappa shape index (κ3) is 2.62. The predicted molar refractivity (Wildman–Crippen MR) is 75.6 cm³/mol. The van der Waals surface area contributed by atoms with Gasteiger partial charge in [0.15, 0.2) is 5.58 Å². The van der Waals surface area contributed by atoms with Crippen LogP contribution in [0.3, 0.4) is 0 Å². The zero-order valence-electron chi connectivity index (χ0n) is 10.3. The lowest BCUT2D eigenvalue weighted by atomic mass is 10.1. The second-order valence-electron chi connectivity index (χ2n) is 4.28. The summed E-state index contributed by atoms with van der Waals surface area (Å²) in [5.74, 6) is -0.150. The molecule has 0 bridgehead atoms. The van der Waals surface area contributed by atoms with E-state index >= 15 is 0 Å². The Morgan fingerprint density at radius 1 is 1.30 bits per heavy atom. The summed E-state index contributed by atoms with van der Waals surface area (Å²) < 4.78 is 4.99. The SMILES string of the molecule is O=C(Cc1cccc(Cl)c1)Nc1cncc2oncc12. The van der Waals surface area contributed by atoms with E-state index in [1.54, 1.807) is 30.7 Å². The molecule has 1 aromatic carbocycles. The van der Waals surface area contributed by atoms with Crippen molar-refractivity contribution in [2.45, 2.75) is 6.42 Å². The Balaban J connectivity index is 1.77. The van der Waals surface area contributed by atoms with Crippen molar-refractivity contribution in [2.24, 2.45) is 0 Å². The molecule has 0 saturated carbocycles. The highest BCUT2D eigenvalue weighted by atomic mass is 35.5. The molecule has 0 radical (unpaired) electrons. The molecule has 2 aromatic heterocycles. The van der Waals surface area contributed by atoms with Crippen LogP contribution in [0.2, 0.25) is 5.02 Å². The first-order valence-electron chi connectivity index (χ1n) is 5.95. The Labute approximate surface area is 119 Å². The average molecular weight is 288 g/mol. The van der Waals surface area contributed by atoms with Crippen LogP contribution in [0.15, 0.2) is 47.4 Å². The van der Waals surface area contributed by atoms with Crippen molar-refractivity contribution in [2.75, 3.05) is 5.32 Å². The van der Waals surface area contributed by atoms with Crippen LogP contribution < -0.4 is 5.32 Å². The zero-order chi connectivity index (χ0) is 13.9. The lowest BCUT2D eigenvalue weighted by molar-refractivity contribution is -0.115. The third-order valence-corrected chi connectivity index (χ3v) is 3.05. The molecular formula is C14H10ClN3O2. The van der Waals surface area contributed by atoms with Crippen LogP contribution in [-0.4, -0.2) is 16.0 Å². The Hall–Kier alpha value is -2.40. The number of benzene rings is 1. The van der Waals surface area contributed by atoms with Crippen LogP contribution in [0.5, 0.6) is 0 Å². The molecular weight excluding hydrogens is 278 g/mol. The Kier molecular flexibility index (Phi) is 3.35. The minimum atomic E-state index is -0.150. The molecule has 3 rings (SSSR count). The van der Waals surface area contributed by atoms with E-state index in [4.69, 9.17) is 16.1 Å². The number of rotatable bonds is 3. The number of anilines is 1. The van der Waals surface area contributed by atoms with Crippen LogP contribution >= 0.6 is 11.6 Å². The Bertz CT molecular complexity index is 770. The van der Waals surface area contributed by atoms with Gasteiger partial charge in [0.25, 0.3) is 0 Å². The van der Waals surface area contributed by atoms with Gasteiger partial charge in [0, 0.05) is 5.02 Å². The van der Waals surface area contributed by atoms with Crippen molar-refractivity contribution in [1.82, 2.24) is 10.1 Å². The largest absolute Gasteiger partial charge is 0.355 e. The van der Waals surface area contributed by atoms with Gasteiger partial charge < -0.3 is 9.84 Å². The fraction of sp³-hybridized carbons (Fsp3) is 0.0714. The fourth-order valence-electron chi connectivity index (χ4n) is 1.92.